The first-order valence-corrected chi connectivity index (χ1v) is 3.57. The van der Waals surface area contributed by atoms with E-state index in [0.29, 0.717) is 6.61 Å². The minimum Gasteiger partial charge on any atom is -0.423 e. The molecule has 2 rings (SSSR count). The highest BCUT2D eigenvalue weighted by Crippen LogP contribution is 2.26. The van der Waals surface area contributed by atoms with Crippen LogP contribution in [0.3, 0.4) is 0 Å². The van der Waals surface area contributed by atoms with Crippen molar-refractivity contribution in [3.8, 4) is 0 Å². The van der Waals surface area contributed by atoms with E-state index in [1.807, 2.05) is 0 Å². The summed E-state index contributed by atoms with van der Waals surface area (Å²) >= 11 is 0. The maximum atomic E-state index is 9.19. The number of hydrogen-bond donors (Lipinski definition) is 1. The van der Waals surface area contributed by atoms with Crippen molar-refractivity contribution in [2.24, 2.45) is 0 Å². The zero-order chi connectivity index (χ0) is 6.97. The molecule has 1 aliphatic heterocycles. The molecule has 0 spiro atoms. The number of hydrogen-bond acceptors (Lipinski definition) is 2. The van der Waals surface area contributed by atoms with Crippen LogP contribution in [-0.2, 0) is 4.65 Å². The summed E-state index contributed by atoms with van der Waals surface area (Å²) in [4.78, 5) is 0. The Labute approximate surface area is 60.3 Å². The molecule has 10 heavy (non-hydrogen) atoms. The van der Waals surface area contributed by atoms with Crippen molar-refractivity contribution in [2.45, 2.75) is 12.8 Å². The van der Waals surface area contributed by atoms with Gasteiger partial charge in [-0.2, -0.15) is 0 Å². The lowest BCUT2D eigenvalue weighted by Gasteiger charge is -2.04. The minimum absolute atomic E-state index is 0.590. The third kappa shape index (κ3) is 0.823. The molecule has 2 aliphatic rings. The van der Waals surface area contributed by atoms with Gasteiger partial charge in [-0.15, -0.1) is 0 Å². The van der Waals surface area contributed by atoms with Crippen molar-refractivity contribution in [3.63, 3.8) is 0 Å². The van der Waals surface area contributed by atoms with Gasteiger partial charge in [-0.1, -0.05) is 12.2 Å². The average Bonchev–Trinajstić information content (AvgIpc) is 2.34. The predicted octanol–water partition coefficient (Wildman–Crippen LogP) is 0.683. The van der Waals surface area contributed by atoms with E-state index < -0.39 is 7.12 Å². The second kappa shape index (κ2) is 2.25. The lowest BCUT2D eigenvalue weighted by atomic mass is 9.75. The molecule has 52 valence electrons. The Hall–Kier alpha value is -0.535. The van der Waals surface area contributed by atoms with Crippen molar-refractivity contribution in [1.82, 2.24) is 0 Å². The Kier molecular flexibility index (Phi) is 1.40. The smallest absolute Gasteiger partial charge is 0.423 e. The zero-order valence-corrected chi connectivity index (χ0v) is 5.71. The van der Waals surface area contributed by atoms with Crippen molar-refractivity contribution in [3.05, 3.63) is 23.2 Å². The van der Waals surface area contributed by atoms with Crippen LogP contribution in [0.1, 0.15) is 12.8 Å². The van der Waals surface area contributed by atoms with Gasteiger partial charge in [-0.3, -0.25) is 0 Å². The van der Waals surface area contributed by atoms with Crippen molar-refractivity contribution < 1.29 is 9.68 Å². The van der Waals surface area contributed by atoms with Gasteiger partial charge in [0.2, 0.25) is 0 Å². The summed E-state index contributed by atoms with van der Waals surface area (Å²) in [5.74, 6) is 0. The van der Waals surface area contributed by atoms with Crippen LogP contribution in [0.15, 0.2) is 23.2 Å². The van der Waals surface area contributed by atoms with Gasteiger partial charge in [0, 0.05) is 0 Å². The number of rotatable bonds is 0. The second-order valence-corrected chi connectivity index (χ2v) is 2.63. The minimum atomic E-state index is -0.647. The Balaban J connectivity index is 2.31. The van der Waals surface area contributed by atoms with Gasteiger partial charge in [0.15, 0.2) is 0 Å². The largest absolute Gasteiger partial charge is 0.491 e. The molecule has 3 heteroatoms. The molecular formula is C7H9BO2. The molecule has 1 aliphatic carbocycles. The number of allylic oxidation sites excluding steroid dienone is 2. The molecule has 0 radical (unpaired) electrons. The second-order valence-electron chi connectivity index (χ2n) is 2.63. The van der Waals surface area contributed by atoms with Gasteiger partial charge in [0.25, 0.3) is 0 Å². The summed E-state index contributed by atoms with van der Waals surface area (Å²) in [7, 11) is -0.647. The van der Waals surface area contributed by atoms with Crippen LogP contribution >= 0.6 is 0 Å². The fraction of sp³-hybridized carbons (Fsp3) is 0.429. The molecule has 1 fully saturated rings. The van der Waals surface area contributed by atoms with Gasteiger partial charge in [0.1, 0.15) is 0 Å². The highest BCUT2D eigenvalue weighted by Gasteiger charge is 2.30. The first-order chi connectivity index (χ1) is 4.88. The van der Waals surface area contributed by atoms with Crippen LogP contribution in [0.5, 0.6) is 0 Å². The van der Waals surface area contributed by atoms with Crippen LogP contribution < -0.4 is 0 Å². The van der Waals surface area contributed by atoms with Crippen molar-refractivity contribution >= 4 is 7.12 Å². The van der Waals surface area contributed by atoms with E-state index in [4.69, 9.17) is 4.65 Å². The molecule has 0 unspecified atom stereocenters. The van der Waals surface area contributed by atoms with Gasteiger partial charge in [0.05, 0.1) is 6.61 Å². The predicted molar refractivity (Wildman–Crippen MR) is 39.3 cm³/mol. The van der Waals surface area contributed by atoms with E-state index in [2.05, 4.69) is 12.2 Å². The van der Waals surface area contributed by atoms with Gasteiger partial charge >= 0.3 is 7.12 Å². The van der Waals surface area contributed by atoms with Gasteiger partial charge in [-0.25, -0.2) is 0 Å². The van der Waals surface area contributed by atoms with E-state index >= 15 is 0 Å². The van der Waals surface area contributed by atoms with Crippen LogP contribution in [0.4, 0.5) is 0 Å². The third-order valence-electron chi connectivity index (χ3n) is 1.96. The topological polar surface area (TPSA) is 29.5 Å². The standard InChI is InChI=1S/C7H9BO2/c9-8-7-4-2-1-3-6(7)5-10-8/h3-4,9H,1-2,5H2. The fourth-order valence-electron chi connectivity index (χ4n) is 1.41. The monoisotopic (exact) mass is 136 g/mol. The molecule has 0 amide bonds. The lowest BCUT2D eigenvalue weighted by Crippen LogP contribution is -2.12. The SMILES string of the molecule is OB1OCC2=CCCC=C12. The molecule has 0 bridgehead atoms. The van der Waals surface area contributed by atoms with Crippen LogP contribution in [0.2, 0.25) is 0 Å². The maximum Gasteiger partial charge on any atom is 0.491 e. The maximum absolute atomic E-state index is 9.19. The highest BCUT2D eigenvalue weighted by atomic mass is 16.5. The van der Waals surface area contributed by atoms with Crippen LogP contribution in [-0.4, -0.2) is 18.7 Å². The molecule has 0 aromatic rings. The normalized spacial score (nSPS) is 23.9. The summed E-state index contributed by atoms with van der Waals surface area (Å²) in [6, 6.07) is 0. The Bertz CT molecular complexity index is 208. The van der Waals surface area contributed by atoms with E-state index in [1.54, 1.807) is 0 Å². The number of fused-ring (bicyclic) bond motifs is 1. The molecule has 0 aromatic carbocycles. The Morgan fingerprint density at radius 2 is 2.20 bits per heavy atom. The summed E-state index contributed by atoms with van der Waals surface area (Å²) in [6.07, 6.45) is 6.34. The molecule has 0 atom stereocenters. The summed E-state index contributed by atoms with van der Waals surface area (Å²) in [6.45, 7) is 0.590. The lowest BCUT2D eigenvalue weighted by molar-refractivity contribution is 0.316. The average molecular weight is 136 g/mol. The third-order valence-corrected chi connectivity index (χ3v) is 1.96. The Morgan fingerprint density at radius 3 is 3.00 bits per heavy atom. The summed E-state index contributed by atoms with van der Waals surface area (Å²) < 4.78 is 5.02. The van der Waals surface area contributed by atoms with Crippen molar-refractivity contribution in [2.75, 3.05) is 6.61 Å². The van der Waals surface area contributed by atoms with E-state index in [0.717, 1.165) is 18.3 Å². The highest BCUT2D eigenvalue weighted by molar-refractivity contribution is 6.55. The fourth-order valence-corrected chi connectivity index (χ4v) is 1.41. The first kappa shape index (κ1) is 6.19. The summed E-state index contributed by atoms with van der Waals surface area (Å²) in [5, 5.41) is 9.19. The molecule has 1 N–H and O–H groups in total. The van der Waals surface area contributed by atoms with Crippen LogP contribution in [0, 0.1) is 0 Å². The quantitative estimate of drug-likeness (QED) is 0.496. The molecule has 0 saturated carbocycles. The van der Waals surface area contributed by atoms with Crippen molar-refractivity contribution in [1.29, 1.82) is 0 Å². The van der Waals surface area contributed by atoms with Gasteiger partial charge < -0.3 is 9.68 Å². The zero-order valence-electron chi connectivity index (χ0n) is 5.71. The molecule has 2 nitrogen and oxygen atoms in total. The molecule has 1 saturated heterocycles. The van der Waals surface area contributed by atoms with E-state index in [9.17, 15) is 5.02 Å². The molecule has 1 heterocycles. The van der Waals surface area contributed by atoms with Gasteiger partial charge in [-0.05, 0) is 23.9 Å². The summed E-state index contributed by atoms with van der Waals surface area (Å²) in [5.41, 5.74) is 2.17. The first-order valence-electron chi connectivity index (χ1n) is 3.57. The van der Waals surface area contributed by atoms with E-state index in [-0.39, 0.29) is 0 Å². The molecular weight excluding hydrogens is 127 g/mol. The Morgan fingerprint density at radius 1 is 1.40 bits per heavy atom. The molecule has 0 aromatic heterocycles. The van der Waals surface area contributed by atoms with Crippen LogP contribution in [0.25, 0.3) is 0 Å². The van der Waals surface area contributed by atoms with E-state index in [1.165, 1.54) is 5.57 Å².